The van der Waals surface area contributed by atoms with E-state index in [-0.39, 0.29) is 29.0 Å². The van der Waals surface area contributed by atoms with Gasteiger partial charge < -0.3 is 25.0 Å². The molecule has 3 N–H and O–H groups in total. The Morgan fingerprint density at radius 3 is 2.73 bits per heavy atom. The number of nitrogens with one attached hydrogen (secondary N) is 1. The quantitative estimate of drug-likeness (QED) is 0.695. The van der Waals surface area contributed by atoms with Crippen LogP contribution in [0.2, 0.25) is 0 Å². The number of aromatic hydroxyl groups is 2. The van der Waals surface area contributed by atoms with Crippen molar-refractivity contribution in [1.29, 1.82) is 0 Å². The number of benzene rings is 1. The number of allylic oxidation sites excluding steroid dienone is 1. The predicted molar refractivity (Wildman–Crippen MR) is 114 cm³/mol. The molecule has 1 amide bonds. The molecule has 160 valence electrons. The van der Waals surface area contributed by atoms with E-state index in [1.54, 1.807) is 6.07 Å². The van der Waals surface area contributed by atoms with Gasteiger partial charge in [0.1, 0.15) is 11.5 Å². The molecule has 0 radical (unpaired) electrons. The molecule has 2 aromatic rings. The Bertz CT molecular complexity index is 1010. The van der Waals surface area contributed by atoms with Crippen LogP contribution in [0.1, 0.15) is 54.7 Å². The number of carbonyl (C=O) groups is 1. The fourth-order valence-electron chi connectivity index (χ4n) is 4.73. The second kappa shape index (κ2) is 7.80. The zero-order valence-corrected chi connectivity index (χ0v) is 17.9. The van der Waals surface area contributed by atoms with Crippen LogP contribution in [0.5, 0.6) is 11.5 Å². The van der Waals surface area contributed by atoms with E-state index in [9.17, 15) is 15.0 Å². The fraction of sp³-hybridized carbons (Fsp3) is 0.478. The van der Waals surface area contributed by atoms with Crippen molar-refractivity contribution < 1.29 is 19.5 Å². The average Bonchev–Trinajstić information content (AvgIpc) is 3.33. The van der Waals surface area contributed by atoms with Gasteiger partial charge in [0.25, 0.3) is 5.91 Å². The van der Waals surface area contributed by atoms with Crippen LogP contribution in [0.3, 0.4) is 0 Å². The third-order valence-corrected chi connectivity index (χ3v) is 6.15. The van der Waals surface area contributed by atoms with Gasteiger partial charge in [0.15, 0.2) is 11.5 Å². The number of nitrogens with zero attached hydrogens (tertiary/aromatic N) is 2. The second-order valence-corrected chi connectivity index (χ2v) is 8.72. The number of amides is 1. The van der Waals surface area contributed by atoms with Crippen LogP contribution in [-0.2, 0) is 0 Å². The Kier molecular flexibility index (Phi) is 5.32. The Balaban J connectivity index is 1.85. The van der Waals surface area contributed by atoms with Crippen molar-refractivity contribution in [2.45, 2.75) is 33.1 Å². The van der Waals surface area contributed by atoms with Crippen LogP contribution in [0, 0.1) is 11.8 Å². The van der Waals surface area contributed by atoms with Gasteiger partial charge in [-0.05, 0) is 55.3 Å². The first-order chi connectivity index (χ1) is 14.3. The van der Waals surface area contributed by atoms with E-state index in [1.807, 2.05) is 20.8 Å². The number of hydrogen-bond donors (Lipinski definition) is 3. The molecule has 1 aliphatic heterocycles. The van der Waals surface area contributed by atoms with Crippen molar-refractivity contribution in [2.75, 3.05) is 26.7 Å². The van der Waals surface area contributed by atoms with Crippen LogP contribution < -0.4 is 5.32 Å². The lowest BCUT2D eigenvalue weighted by Crippen LogP contribution is -2.24. The topological polar surface area (TPSA) is 98.8 Å². The SMILES string of the molecule is CCNC(=O)c1noc(-c2cc(C(C)C)c(O)cc2O)c1C1=CC2CN(C)CC2C1. The lowest BCUT2D eigenvalue weighted by atomic mass is 9.93. The summed E-state index contributed by atoms with van der Waals surface area (Å²) < 4.78 is 5.66. The van der Waals surface area contributed by atoms with Gasteiger partial charge in [-0.15, -0.1) is 0 Å². The number of fused-ring (bicyclic) bond motifs is 1. The summed E-state index contributed by atoms with van der Waals surface area (Å²) in [5.41, 5.74) is 3.06. The zero-order valence-electron chi connectivity index (χ0n) is 17.9. The monoisotopic (exact) mass is 411 g/mol. The summed E-state index contributed by atoms with van der Waals surface area (Å²) in [5, 5.41) is 27.7. The first-order valence-corrected chi connectivity index (χ1v) is 10.5. The summed E-state index contributed by atoms with van der Waals surface area (Å²) in [5.74, 6) is 1.02. The highest BCUT2D eigenvalue weighted by Crippen LogP contribution is 2.46. The van der Waals surface area contributed by atoms with E-state index in [0.29, 0.717) is 40.8 Å². The number of phenolic OH excluding ortho intramolecular Hbond substituents is 2. The third-order valence-electron chi connectivity index (χ3n) is 6.15. The number of hydrogen-bond acceptors (Lipinski definition) is 6. The first kappa shape index (κ1) is 20.5. The highest BCUT2D eigenvalue weighted by atomic mass is 16.5. The number of likely N-dealkylation sites (tertiary alicyclic amines) is 1. The molecule has 1 fully saturated rings. The summed E-state index contributed by atoms with van der Waals surface area (Å²) in [4.78, 5) is 15.0. The molecule has 1 aliphatic carbocycles. The highest BCUT2D eigenvalue weighted by Gasteiger charge is 2.38. The van der Waals surface area contributed by atoms with Crippen molar-refractivity contribution in [3.05, 3.63) is 35.0 Å². The molecule has 1 saturated heterocycles. The van der Waals surface area contributed by atoms with Gasteiger partial charge in [0, 0.05) is 25.7 Å². The molecule has 0 bridgehead atoms. The molecule has 1 aromatic heterocycles. The van der Waals surface area contributed by atoms with Crippen LogP contribution in [0.15, 0.2) is 22.7 Å². The minimum Gasteiger partial charge on any atom is -0.508 e. The van der Waals surface area contributed by atoms with E-state index in [0.717, 1.165) is 25.1 Å². The minimum atomic E-state index is -0.292. The van der Waals surface area contributed by atoms with E-state index >= 15 is 0 Å². The van der Waals surface area contributed by atoms with E-state index in [2.05, 4.69) is 28.5 Å². The largest absolute Gasteiger partial charge is 0.508 e. The predicted octanol–water partition coefficient (Wildman–Crippen LogP) is 3.59. The molecule has 2 atom stereocenters. The molecule has 0 saturated carbocycles. The Morgan fingerprint density at radius 1 is 1.30 bits per heavy atom. The minimum absolute atomic E-state index is 0.0360. The summed E-state index contributed by atoms with van der Waals surface area (Å²) in [6, 6.07) is 3.06. The van der Waals surface area contributed by atoms with Crippen LogP contribution in [-0.4, -0.2) is 52.9 Å². The Morgan fingerprint density at radius 2 is 2.07 bits per heavy atom. The molecule has 2 aliphatic rings. The molecule has 0 spiro atoms. The standard InChI is InChI=1S/C23H29N3O4/c1-5-24-23(29)21-20(13-6-14-10-26(4)11-15(14)7-13)22(30-25-21)17-8-16(12(2)3)18(27)9-19(17)28/h6,8-9,12,14-15,27-28H,5,7,10-11H2,1-4H3,(H,24,29). The molecule has 4 rings (SSSR count). The highest BCUT2D eigenvalue weighted by molar-refractivity contribution is 6.00. The summed E-state index contributed by atoms with van der Waals surface area (Å²) in [7, 11) is 2.12. The maximum Gasteiger partial charge on any atom is 0.274 e. The van der Waals surface area contributed by atoms with E-state index in [1.165, 1.54) is 6.07 Å². The fourth-order valence-corrected chi connectivity index (χ4v) is 4.73. The number of phenols is 2. The molecule has 1 aromatic carbocycles. The number of carbonyl (C=O) groups excluding carboxylic acids is 1. The van der Waals surface area contributed by atoms with Crippen molar-refractivity contribution in [3.8, 4) is 22.8 Å². The van der Waals surface area contributed by atoms with Gasteiger partial charge >= 0.3 is 0 Å². The maximum absolute atomic E-state index is 12.7. The maximum atomic E-state index is 12.7. The van der Waals surface area contributed by atoms with Gasteiger partial charge in [0.2, 0.25) is 0 Å². The van der Waals surface area contributed by atoms with Crippen LogP contribution >= 0.6 is 0 Å². The molecule has 30 heavy (non-hydrogen) atoms. The lowest BCUT2D eigenvalue weighted by Gasteiger charge is -2.13. The molecule has 2 unspecified atom stereocenters. The van der Waals surface area contributed by atoms with E-state index < -0.39 is 0 Å². The number of rotatable bonds is 5. The lowest BCUT2D eigenvalue weighted by molar-refractivity contribution is 0.0946. The number of aromatic nitrogens is 1. The molecular weight excluding hydrogens is 382 g/mol. The molecule has 7 heteroatoms. The smallest absolute Gasteiger partial charge is 0.274 e. The molecule has 7 nitrogen and oxygen atoms in total. The molecule has 2 heterocycles. The van der Waals surface area contributed by atoms with E-state index in [4.69, 9.17) is 4.52 Å². The third kappa shape index (κ3) is 3.47. The van der Waals surface area contributed by atoms with Gasteiger partial charge in [-0.1, -0.05) is 25.1 Å². The van der Waals surface area contributed by atoms with Crippen molar-refractivity contribution in [1.82, 2.24) is 15.4 Å². The summed E-state index contributed by atoms with van der Waals surface area (Å²) in [6.45, 7) is 8.28. The van der Waals surface area contributed by atoms with Gasteiger partial charge in [0.05, 0.1) is 11.1 Å². The van der Waals surface area contributed by atoms with Gasteiger partial charge in [-0.3, -0.25) is 4.79 Å². The van der Waals surface area contributed by atoms with Crippen molar-refractivity contribution in [3.63, 3.8) is 0 Å². The second-order valence-electron chi connectivity index (χ2n) is 8.72. The zero-order chi connectivity index (χ0) is 21.6. The van der Waals surface area contributed by atoms with Gasteiger partial charge in [-0.25, -0.2) is 0 Å². The van der Waals surface area contributed by atoms with Crippen molar-refractivity contribution >= 4 is 11.5 Å². The molecular formula is C23H29N3O4. The van der Waals surface area contributed by atoms with Crippen LogP contribution in [0.25, 0.3) is 16.9 Å². The van der Waals surface area contributed by atoms with Crippen LogP contribution in [0.4, 0.5) is 0 Å². The summed E-state index contributed by atoms with van der Waals surface area (Å²) >= 11 is 0. The average molecular weight is 412 g/mol. The Hall–Kier alpha value is -2.80. The van der Waals surface area contributed by atoms with Crippen molar-refractivity contribution in [2.24, 2.45) is 11.8 Å². The first-order valence-electron chi connectivity index (χ1n) is 10.5. The summed E-state index contributed by atoms with van der Waals surface area (Å²) in [6.07, 6.45) is 3.07. The normalized spacial score (nSPS) is 21.2. The Labute approximate surface area is 176 Å². The van der Waals surface area contributed by atoms with Gasteiger partial charge in [-0.2, -0.15) is 0 Å².